The number of hydrogen-bond acceptors (Lipinski definition) is 5. The minimum atomic E-state index is 0.289. The van der Waals surface area contributed by atoms with E-state index in [1.54, 1.807) is 0 Å². The van der Waals surface area contributed by atoms with Crippen LogP contribution in [0.1, 0.15) is 12.7 Å². The zero-order valence-electron chi connectivity index (χ0n) is 12.3. The second-order valence-corrected chi connectivity index (χ2v) is 5.52. The summed E-state index contributed by atoms with van der Waals surface area (Å²) < 4.78 is 5.28. The van der Waals surface area contributed by atoms with Gasteiger partial charge in [0, 0.05) is 23.0 Å². The lowest BCUT2D eigenvalue weighted by Gasteiger charge is -2.04. The molecule has 0 radical (unpaired) electrons. The Morgan fingerprint density at radius 2 is 2.09 bits per heavy atom. The molecule has 7 heteroatoms. The quantitative estimate of drug-likeness (QED) is 0.756. The lowest BCUT2D eigenvalue weighted by molar-refractivity contribution is 0.417. The third kappa shape index (κ3) is 3.18. The third-order valence-corrected chi connectivity index (χ3v) is 3.65. The topological polar surface area (TPSA) is 79.6 Å². The SMILES string of the molecule is CNC(C)Cc1noc(-c2cc(-c3ccc(Cl)cc3)n[nH]2)n1. The molecule has 2 heterocycles. The Bertz CT molecular complexity index is 749. The molecular weight excluding hydrogens is 302 g/mol. The van der Waals surface area contributed by atoms with Gasteiger partial charge in [0.05, 0.1) is 5.69 Å². The maximum absolute atomic E-state index is 5.89. The van der Waals surface area contributed by atoms with Crippen molar-refractivity contribution in [2.24, 2.45) is 0 Å². The lowest BCUT2D eigenvalue weighted by Crippen LogP contribution is -2.24. The maximum Gasteiger partial charge on any atom is 0.275 e. The van der Waals surface area contributed by atoms with Gasteiger partial charge in [-0.3, -0.25) is 5.10 Å². The van der Waals surface area contributed by atoms with E-state index in [1.165, 1.54) is 0 Å². The Balaban J connectivity index is 1.80. The van der Waals surface area contributed by atoms with Crippen LogP contribution in [0.4, 0.5) is 0 Å². The number of hydrogen-bond donors (Lipinski definition) is 2. The van der Waals surface area contributed by atoms with Crippen LogP contribution in [-0.2, 0) is 6.42 Å². The number of nitrogens with zero attached hydrogens (tertiary/aromatic N) is 3. The van der Waals surface area contributed by atoms with Crippen molar-refractivity contribution in [3.63, 3.8) is 0 Å². The number of likely N-dealkylation sites (N-methyl/N-ethyl adjacent to an activating group) is 1. The number of aromatic nitrogens is 4. The Morgan fingerprint density at radius 3 is 2.82 bits per heavy atom. The summed E-state index contributed by atoms with van der Waals surface area (Å²) >= 11 is 5.89. The molecule has 0 amide bonds. The number of rotatable bonds is 5. The van der Waals surface area contributed by atoms with E-state index in [4.69, 9.17) is 16.1 Å². The van der Waals surface area contributed by atoms with Crippen molar-refractivity contribution < 1.29 is 4.52 Å². The first kappa shape index (κ1) is 14.7. The van der Waals surface area contributed by atoms with Crippen molar-refractivity contribution in [2.45, 2.75) is 19.4 Å². The van der Waals surface area contributed by atoms with Crippen LogP contribution in [0.15, 0.2) is 34.9 Å². The fraction of sp³-hybridized carbons (Fsp3) is 0.267. The summed E-state index contributed by atoms with van der Waals surface area (Å²) in [5.41, 5.74) is 2.46. The molecule has 3 aromatic rings. The summed E-state index contributed by atoms with van der Waals surface area (Å²) in [5, 5.41) is 15.0. The molecular formula is C15H16ClN5O. The Kier molecular flexibility index (Phi) is 4.22. The molecule has 0 aliphatic rings. The van der Waals surface area contributed by atoms with Crippen LogP contribution in [0.3, 0.4) is 0 Å². The first-order valence-electron chi connectivity index (χ1n) is 6.97. The van der Waals surface area contributed by atoms with Gasteiger partial charge in [0.2, 0.25) is 0 Å². The van der Waals surface area contributed by atoms with Gasteiger partial charge in [0.25, 0.3) is 5.89 Å². The monoisotopic (exact) mass is 317 g/mol. The smallest absolute Gasteiger partial charge is 0.275 e. The average Bonchev–Trinajstić information content (AvgIpc) is 3.17. The molecule has 1 atom stereocenters. The van der Waals surface area contributed by atoms with Crippen LogP contribution in [0, 0.1) is 0 Å². The van der Waals surface area contributed by atoms with Gasteiger partial charge in [-0.2, -0.15) is 10.1 Å². The molecule has 0 saturated heterocycles. The molecule has 114 valence electrons. The fourth-order valence-electron chi connectivity index (χ4n) is 2.02. The largest absolute Gasteiger partial charge is 0.332 e. The first-order chi connectivity index (χ1) is 10.7. The summed E-state index contributed by atoms with van der Waals surface area (Å²) in [6, 6.07) is 9.65. The highest BCUT2D eigenvalue weighted by Gasteiger charge is 2.14. The van der Waals surface area contributed by atoms with Gasteiger partial charge in [-0.05, 0) is 32.2 Å². The van der Waals surface area contributed by atoms with Crippen molar-refractivity contribution >= 4 is 11.6 Å². The summed E-state index contributed by atoms with van der Waals surface area (Å²) in [4.78, 5) is 4.38. The fourth-order valence-corrected chi connectivity index (χ4v) is 2.15. The van der Waals surface area contributed by atoms with Crippen LogP contribution in [0.2, 0.25) is 5.02 Å². The zero-order valence-corrected chi connectivity index (χ0v) is 13.1. The van der Waals surface area contributed by atoms with Crippen LogP contribution < -0.4 is 5.32 Å². The van der Waals surface area contributed by atoms with E-state index in [0.717, 1.165) is 11.3 Å². The van der Waals surface area contributed by atoms with E-state index in [0.29, 0.717) is 28.9 Å². The highest BCUT2D eigenvalue weighted by molar-refractivity contribution is 6.30. The van der Waals surface area contributed by atoms with Gasteiger partial charge in [0.1, 0.15) is 5.69 Å². The minimum Gasteiger partial charge on any atom is -0.332 e. The Hall–Kier alpha value is -2.18. The predicted octanol–water partition coefficient (Wildman–Crippen LogP) is 2.93. The number of H-pyrrole nitrogens is 1. The minimum absolute atomic E-state index is 0.289. The average molecular weight is 318 g/mol. The van der Waals surface area contributed by atoms with Gasteiger partial charge < -0.3 is 9.84 Å². The van der Waals surface area contributed by atoms with Gasteiger partial charge in [-0.1, -0.05) is 28.9 Å². The molecule has 0 spiro atoms. The summed E-state index contributed by atoms with van der Waals surface area (Å²) in [6.45, 7) is 2.06. The Labute approximate surface area is 132 Å². The summed E-state index contributed by atoms with van der Waals surface area (Å²) in [5.74, 6) is 1.10. The molecule has 2 aromatic heterocycles. The van der Waals surface area contributed by atoms with E-state index in [9.17, 15) is 0 Å². The van der Waals surface area contributed by atoms with E-state index >= 15 is 0 Å². The third-order valence-electron chi connectivity index (χ3n) is 3.40. The normalized spacial score (nSPS) is 12.5. The van der Waals surface area contributed by atoms with E-state index in [-0.39, 0.29) is 6.04 Å². The van der Waals surface area contributed by atoms with Crippen molar-refractivity contribution in [1.29, 1.82) is 0 Å². The number of halogens is 1. The number of aromatic amines is 1. The molecule has 6 nitrogen and oxygen atoms in total. The van der Waals surface area contributed by atoms with Gasteiger partial charge in [0.15, 0.2) is 5.82 Å². The van der Waals surface area contributed by atoms with E-state index in [2.05, 4.69) is 32.6 Å². The van der Waals surface area contributed by atoms with Gasteiger partial charge in [-0.25, -0.2) is 0 Å². The van der Waals surface area contributed by atoms with Crippen molar-refractivity contribution in [2.75, 3.05) is 7.05 Å². The highest BCUT2D eigenvalue weighted by Crippen LogP contribution is 2.24. The number of nitrogens with one attached hydrogen (secondary N) is 2. The summed E-state index contributed by atoms with van der Waals surface area (Å²) in [7, 11) is 1.90. The molecule has 0 aliphatic heterocycles. The molecule has 0 aliphatic carbocycles. The van der Waals surface area contributed by atoms with Gasteiger partial charge >= 0.3 is 0 Å². The van der Waals surface area contributed by atoms with Crippen molar-refractivity contribution in [1.82, 2.24) is 25.7 Å². The second kappa shape index (κ2) is 6.29. The summed E-state index contributed by atoms with van der Waals surface area (Å²) in [6.07, 6.45) is 0.707. The van der Waals surface area contributed by atoms with E-state index < -0.39 is 0 Å². The van der Waals surface area contributed by atoms with Crippen LogP contribution >= 0.6 is 11.6 Å². The molecule has 0 saturated carbocycles. The lowest BCUT2D eigenvalue weighted by atomic mass is 10.1. The van der Waals surface area contributed by atoms with Crippen molar-refractivity contribution in [3.05, 3.63) is 41.2 Å². The van der Waals surface area contributed by atoms with Crippen LogP contribution in [-0.4, -0.2) is 33.4 Å². The van der Waals surface area contributed by atoms with Gasteiger partial charge in [-0.15, -0.1) is 0 Å². The highest BCUT2D eigenvalue weighted by atomic mass is 35.5. The van der Waals surface area contributed by atoms with Crippen LogP contribution in [0.25, 0.3) is 22.8 Å². The van der Waals surface area contributed by atoms with Crippen molar-refractivity contribution in [3.8, 4) is 22.8 Å². The second-order valence-electron chi connectivity index (χ2n) is 5.08. The maximum atomic E-state index is 5.89. The Morgan fingerprint density at radius 1 is 1.32 bits per heavy atom. The first-order valence-corrected chi connectivity index (χ1v) is 7.35. The van der Waals surface area contributed by atoms with Crippen LogP contribution in [0.5, 0.6) is 0 Å². The molecule has 0 bridgehead atoms. The predicted molar refractivity (Wildman–Crippen MR) is 84.6 cm³/mol. The molecule has 0 fully saturated rings. The molecule has 1 aromatic carbocycles. The zero-order chi connectivity index (χ0) is 15.5. The molecule has 2 N–H and O–H groups in total. The molecule has 1 unspecified atom stereocenters. The van der Waals surface area contributed by atoms with E-state index in [1.807, 2.05) is 37.4 Å². The molecule has 22 heavy (non-hydrogen) atoms. The molecule has 3 rings (SSSR count). The number of benzene rings is 1. The standard InChI is InChI=1S/C15H16ClN5O/c1-9(17-2)7-14-18-15(22-21-14)13-8-12(19-20-13)10-3-5-11(16)6-4-10/h3-6,8-9,17H,7H2,1-2H3,(H,19,20).